The van der Waals surface area contributed by atoms with Gasteiger partial charge < -0.3 is 0 Å². The fourth-order valence-electron chi connectivity index (χ4n) is 0.696. The van der Waals surface area contributed by atoms with Gasteiger partial charge in [-0.2, -0.15) is 0 Å². The lowest BCUT2D eigenvalue weighted by Gasteiger charge is -2.24. The third-order valence-corrected chi connectivity index (χ3v) is 1.94. The van der Waals surface area contributed by atoms with Crippen molar-refractivity contribution in [3.63, 3.8) is 0 Å². The topological polar surface area (TPSA) is 49.4 Å². The van der Waals surface area contributed by atoms with E-state index < -0.39 is 0 Å². The lowest BCUT2D eigenvalue weighted by atomic mass is 10.1. The smallest absolute Gasteiger partial charge is 0.277 e. The van der Waals surface area contributed by atoms with Gasteiger partial charge in [0.05, 0.1) is 22.1 Å². The fourth-order valence-corrected chi connectivity index (χ4v) is 1.22. The highest BCUT2D eigenvalue weighted by Gasteiger charge is 2.27. The molecule has 0 saturated carbocycles. The lowest BCUT2D eigenvalue weighted by molar-refractivity contribution is -0.124. The van der Waals surface area contributed by atoms with Crippen LogP contribution in [-0.2, 0) is 4.79 Å². The zero-order valence-electron chi connectivity index (χ0n) is 5.43. The van der Waals surface area contributed by atoms with Crippen molar-refractivity contribution in [1.82, 2.24) is 9.24 Å². The van der Waals surface area contributed by atoms with Crippen LogP contribution in [0.15, 0.2) is 0 Å². The van der Waals surface area contributed by atoms with Crippen LogP contribution in [0.4, 0.5) is 4.79 Å². The first-order valence-corrected chi connectivity index (χ1v) is 3.60. The number of hydrogen-bond acceptors (Lipinski definition) is 2. The van der Waals surface area contributed by atoms with Crippen molar-refractivity contribution in [2.45, 2.75) is 6.92 Å². The zero-order chi connectivity index (χ0) is 7.72. The molecule has 10 heavy (non-hydrogen) atoms. The van der Waals surface area contributed by atoms with Gasteiger partial charge in [-0.15, -0.1) is 0 Å². The molecule has 1 heterocycles. The summed E-state index contributed by atoms with van der Waals surface area (Å²) in [5.41, 5.74) is 0. The number of hydrogen-bond donors (Lipinski definition) is 1. The van der Waals surface area contributed by atoms with E-state index >= 15 is 0 Å². The van der Waals surface area contributed by atoms with E-state index in [2.05, 4.69) is 21.5 Å². The van der Waals surface area contributed by atoms with Gasteiger partial charge in [0.1, 0.15) is 0 Å². The summed E-state index contributed by atoms with van der Waals surface area (Å²) in [7, 11) is 0. The fraction of sp³-hybridized carbons (Fsp3) is 0.600. The van der Waals surface area contributed by atoms with Crippen LogP contribution in [0, 0.1) is 5.92 Å². The SMILES string of the molecule is CC1CN(Br)C(=O)NC1=O. The van der Waals surface area contributed by atoms with Crippen LogP contribution in [0.25, 0.3) is 0 Å². The molecule has 1 N–H and O–H groups in total. The van der Waals surface area contributed by atoms with Crippen molar-refractivity contribution in [2.24, 2.45) is 5.92 Å². The number of imide groups is 1. The maximum Gasteiger partial charge on any atom is 0.334 e. The van der Waals surface area contributed by atoms with Gasteiger partial charge >= 0.3 is 6.03 Å². The first-order valence-electron chi connectivity index (χ1n) is 2.89. The highest BCUT2D eigenvalue weighted by atomic mass is 79.9. The zero-order valence-corrected chi connectivity index (χ0v) is 7.01. The monoisotopic (exact) mass is 206 g/mol. The van der Waals surface area contributed by atoms with Crippen LogP contribution in [0.3, 0.4) is 0 Å². The maximum absolute atomic E-state index is 10.8. The van der Waals surface area contributed by atoms with Crippen LogP contribution >= 0.6 is 16.1 Å². The van der Waals surface area contributed by atoms with E-state index in [4.69, 9.17) is 0 Å². The summed E-state index contributed by atoms with van der Waals surface area (Å²) in [5.74, 6) is -0.335. The highest BCUT2D eigenvalue weighted by Crippen LogP contribution is 2.10. The molecule has 5 heteroatoms. The van der Waals surface area contributed by atoms with E-state index in [1.54, 1.807) is 6.92 Å². The molecule has 1 unspecified atom stereocenters. The van der Waals surface area contributed by atoms with Crippen molar-refractivity contribution in [3.05, 3.63) is 0 Å². The van der Waals surface area contributed by atoms with E-state index in [9.17, 15) is 9.59 Å². The number of nitrogens with one attached hydrogen (secondary N) is 1. The van der Waals surface area contributed by atoms with Gasteiger partial charge in [0.25, 0.3) is 0 Å². The summed E-state index contributed by atoms with van der Waals surface area (Å²) < 4.78 is 1.30. The van der Waals surface area contributed by atoms with Crippen LogP contribution < -0.4 is 5.32 Å². The first kappa shape index (κ1) is 7.53. The van der Waals surface area contributed by atoms with E-state index in [1.165, 1.54) is 3.93 Å². The summed E-state index contributed by atoms with van der Waals surface area (Å²) in [5, 5.41) is 2.18. The third-order valence-electron chi connectivity index (χ3n) is 1.33. The Morgan fingerprint density at radius 3 is 2.80 bits per heavy atom. The minimum absolute atomic E-state index is 0.128. The maximum atomic E-state index is 10.8. The van der Waals surface area contributed by atoms with Gasteiger partial charge in [0, 0.05) is 6.54 Å². The Morgan fingerprint density at radius 1 is 1.70 bits per heavy atom. The van der Waals surface area contributed by atoms with E-state index in [0.29, 0.717) is 6.54 Å². The molecular weight excluding hydrogens is 200 g/mol. The van der Waals surface area contributed by atoms with Gasteiger partial charge in [-0.1, -0.05) is 6.92 Å². The predicted octanol–water partition coefficient (Wildman–Crippen LogP) is 0.484. The molecule has 1 saturated heterocycles. The Hall–Kier alpha value is -0.580. The average molecular weight is 207 g/mol. The number of rotatable bonds is 0. The number of halogens is 1. The average Bonchev–Trinajstić information content (AvgIpc) is 1.84. The summed E-state index contributed by atoms with van der Waals surface area (Å²) >= 11 is 2.99. The molecule has 1 aliphatic rings. The minimum atomic E-state index is -0.386. The molecule has 0 aromatic rings. The second-order valence-electron chi connectivity index (χ2n) is 2.24. The molecular formula is C5H7BrN2O2. The summed E-state index contributed by atoms with van der Waals surface area (Å²) in [6.07, 6.45) is 0. The van der Waals surface area contributed by atoms with Crippen molar-refractivity contribution in [3.8, 4) is 0 Å². The Kier molecular flexibility index (Phi) is 1.94. The number of carbonyl (C=O) groups excluding carboxylic acids is 2. The Balaban J connectivity index is 2.63. The molecule has 3 amide bonds. The number of urea groups is 1. The van der Waals surface area contributed by atoms with Gasteiger partial charge in [0.15, 0.2) is 0 Å². The van der Waals surface area contributed by atoms with Crippen LogP contribution in [0.1, 0.15) is 6.92 Å². The molecule has 1 atom stereocenters. The summed E-state index contributed by atoms with van der Waals surface area (Å²) in [4.78, 5) is 21.5. The second kappa shape index (κ2) is 2.57. The van der Waals surface area contributed by atoms with Gasteiger partial charge in [0.2, 0.25) is 5.91 Å². The quantitative estimate of drug-likeness (QED) is 0.587. The lowest BCUT2D eigenvalue weighted by Crippen LogP contribution is -2.49. The molecule has 0 aromatic carbocycles. The number of amides is 3. The molecule has 0 aromatic heterocycles. The summed E-state index contributed by atoms with van der Waals surface area (Å²) in [6.45, 7) is 2.20. The Labute approximate surface area is 66.9 Å². The highest BCUT2D eigenvalue weighted by molar-refractivity contribution is 9.07. The molecule has 4 nitrogen and oxygen atoms in total. The molecule has 1 rings (SSSR count). The molecule has 0 aliphatic carbocycles. The molecule has 1 aliphatic heterocycles. The molecule has 56 valence electrons. The van der Waals surface area contributed by atoms with Crippen molar-refractivity contribution in [1.29, 1.82) is 0 Å². The Bertz CT molecular complexity index is 164. The minimum Gasteiger partial charge on any atom is -0.277 e. The van der Waals surface area contributed by atoms with Gasteiger partial charge in [-0.05, 0) is 0 Å². The molecule has 0 spiro atoms. The number of carbonyl (C=O) groups is 2. The van der Waals surface area contributed by atoms with Gasteiger partial charge in [-0.3, -0.25) is 14.0 Å². The van der Waals surface area contributed by atoms with Crippen molar-refractivity contribution >= 4 is 28.1 Å². The standard InChI is InChI=1S/C5H7BrN2O2/c1-3-2-8(6)5(10)7-4(3)9/h3H,2H2,1H3,(H,7,9,10). The molecule has 1 fully saturated rings. The van der Waals surface area contributed by atoms with Crippen molar-refractivity contribution in [2.75, 3.05) is 6.54 Å². The Morgan fingerprint density at radius 2 is 2.30 bits per heavy atom. The van der Waals surface area contributed by atoms with Crippen LogP contribution in [0.5, 0.6) is 0 Å². The molecule has 0 radical (unpaired) electrons. The van der Waals surface area contributed by atoms with E-state index in [0.717, 1.165) is 0 Å². The van der Waals surface area contributed by atoms with Crippen LogP contribution in [-0.4, -0.2) is 22.4 Å². The van der Waals surface area contributed by atoms with Gasteiger partial charge in [-0.25, -0.2) is 4.79 Å². The summed E-state index contributed by atoms with van der Waals surface area (Å²) in [6, 6.07) is -0.386. The van der Waals surface area contributed by atoms with Crippen molar-refractivity contribution < 1.29 is 9.59 Å². The molecule has 0 bridgehead atoms. The van der Waals surface area contributed by atoms with E-state index in [1.807, 2.05) is 0 Å². The normalized spacial score (nSPS) is 26.6. The number of nitrogens with zero attached hydrogens (tertiary/aromatic N) is 1. The second-order valence-corrected chi connectivity index (χ2v) is 3.10. The predicted molar refractivity (Wildman–Crippen MR) is 38.3 cm³/mol. The largest absolute Gasteiger partial charge is 0.334 e. The third kappa shape index (κ3) is 1.29. The van der Waals surface area contributed by atoms with E-state index in [-0.39, 0.29) is 17.9 Å². The first-order chi connectivity index (χ1) is 4.61. The van der Waals surface area contributed by atoms with Crippen LogP contribution in [0.2, 0.25) is 0 Å².